The lowest BCUT2D eigenvalue weighted by Crippen LogP contribution is -2.58. The monoisotopic (exact) mass is 602 g/mol. The van der Waals surface area contributed by atoms with Crippen LogP contribution in [0.4, 0.5) is 5.69 Å². The molecule has 4 rings (SSSR count). The number of halogens is 1. The number of rotatable bonds is 13. The summed E-state index contributed by atoms with van der Waals surface area (Å²) >= 11 is 8.25. The molecule has 0 radical (unpaired) electrons. The highest BCUT2D eigenvalue weighted by atomic mass is 35.5. The zero-order valence-corrected chi connectivity index (χ0v) is 26.2. The molecule has 6 atom stereocenters. The largest absolute Gasteiger partial charge is 0.465 e. The van der Waals surface area contributed by atoms with Crippen molar-refractivity contribution < 1.29 is 24.2 Å². The van der Waals surface area contributed by atoms with E-state index in [0.29, 0.717) is 36.4 Å². The summed E-state index contributed by atoms with van der Waals surface area (Å²) in [5.41, 5.74) is 1.41. The number of ether oxygens (including phenoxy) is 1. The van der Waals surface area contributed by atoms with Gasteiger partial charge in [-0.25, -0.2) is 0 Å². The Bertz CT molecular complexity index is 1190. The Hall–Kier alpha value is -2.29. The topological polar surface area (TPSA) is 87.1 Å². The predicted octanol–water partition coefficient (Wildman–Crippen LogP) is 5.57. The molecule has 0 aliphatic carbocycles. The average molecular weight is 603 g/mol. The summed E-state index contributed by atoms with van der Waals surface area (Å²) in [6.45, 7) is 15.8. The molecule has 1 aromatic rings. The summed E-state index contributed by atoms with van der Waals surface area (Å²) in [7, 11) is 0. The molecule has 1 N–H and O–H groups in total. The van der Waals surface area contributed by atoms with Gasteiger partial charge in [-0.3, -0.25) is 14.4 Å². The molecular weight excluding hydrogens is 560 g/mol. The van der Waals surface area contributed by atoms with Gasteiger partial charge in [-0.05, 0) is 63.5 Å². The average Bonchev–Trinajstić information content (AvgIpc) is 3.49. The minimum Gasteiger partial charge on any atom is -0.465 e. The smallest absolute Gasteiger partial charge is 0.311 e. The third-order valence-corrected chi connectivity index (χ3v) is 11.2. The number of fused-ring (bicyclic) bond motifs is 1. The van der Waals surface area contributed by atoms with Crippen molar-refractivity contribution in [2.75, 3.05) is 24.7 Å². The van der Waals surface area contributed by atoms with E-state index in [4.69, 9.17) is 16.3 Å². The van der Waals surface area contributed by atoms with Crippen LogP contribution in [0.25, 0.3) is 0 Å². The van der Waals surface area contributed by atoms with Gasteiger partial charge in [0.15, 0.2) is 0 Å². The Balaban J connectivity index is 1.82. The fraction of sp³-hybridized carbons (Fsp3) is 0.594. The van der Waals surface area contributed by atoms with Gasteiger partial charge in [0.1, 0.15) is 6.04 Å². The van der Waals surface area contributed by atoms with Crippen LogP contribution in [0.5, 0.6) is 0 Å². The van der Waals surface area contributed by atoms with Gasteiger partial charge < -0.3 is 19.6 Å². The van der Waals surface area contributed by atoms with Crippen molar-refractivity contribution in [3.8, 4) is 0 Å². The van der Waals surface area contributed by atoms with Crippen LogP contribution in [0, 0.1) is 24.7 Å². The summed E-state index contributed by atoms with van der Waals surface area (Å²) in [5, 5.41) is 11.0. The molecular formula is C32H43ClN2O5S. The van der Waals surface area contributed by atoms with Crippen LogP contribution >= 0.6 is 23.4 Å². The number of benzene rings is 1. The maximum absolute atomic E-state index is 14.9. The van der Waals surface area contributed by atoms with Crippen LogP contribution in [0.1, 0.15) is 58.4 Å². The van der Waals surface area contributed by atoms with Gasteiger partial charge in [-0.1, -0.05) is 49.7 Å². The van der Waals surface area contributed by atoms with Crippen molar-refractivity contribution >= 4 is 46.8 Å². The Labute approximate surface area is 253 Å². The first kappa shape index (κ1) is 31.6. The molecule has 3 saturated heterocycles. The molecule has 41 heavy (non-hydrogen) atoms. The molecule has 224 valence electrons. The number of carbonyl (C=O) groups is 3. The van der Waals surface area contributed by atoms with Gasteiger partial charge in [-0.15, -0.1) is 24.9 Å². The molecule has 3 fully saturated rings. The summed E-state index contributed by atoms with van der Waals surface area (Å²) < 4.78 is 4.36. The van der Waals surface area contributed by atoms with Gasteiger partial charge in [0, 0.05) is 11.3 Å². The van der Waals surface area contributed by atoms with Crippen LogP contribution < -0.4 is 4.90 Å². The van der Waals surface area contributed by atoms with Crippen molar-refractivity contribution in [3.63, 3.8) is 0 Å². The van der Waals surface area contributed by atoms with E-state index >= 15 is 0 Å². The number of nitrogens with zero attached hydrogens (tertiary/aromatic N) is 2. The standard InChI is InChI=1S/C32H43ClN2O5S/c1-7-9-10-17-40-30(39)25-24-28(37)35(22(19-36)18-20(3)4)27(32(24)15-14-31(25,6)41-32)29(38)34(16-8-2)26-21(5)12-11-13-23(26)33/h7-8,11-13,20,22,24-25,27,36H,1-2,9-10,14-19H2,3-6H3/t22-,24+,25-,27?,31+,32?/m1/s1. The lowest BCUT2D eigenvalue weighted by Gasteiger charge is -2.40. The second kappa shape index (κ2) is 12.5. The van der Waals surface area contributed by atoms with E-state index in [1.54, 1.807) is 39.8 Å². The third kappa shape index (κ3) is 5.48. The van der Waals surface area contributed by atoms with E-state index in [1.165, 1.54) is 0 Å². The van der Waals surface area contributed by atoms with Crippen molar-refractivity contribution in [2.45, 2.75) is 81.4 Å². The molecule has 3 heterocycles. The molecule has 2 amide bonds. The first-order valence-electron chi connectivity index (χ1n) is 14.6. The lowest BCUT2D eigenvalue weighted by molar-refractivity contribution is -0.156. The molecule has 2 unspecified atom stereocenters. The van der Waals surface area contributed by atoms with E-state index in [1.807, 2.05) is 39.8 Å². The number of amides is 2. The zero-order valence-electron chi connectivity index (χ0n) is 24.6. The van der Waals surface area contributed by atoms with Crippen LogP contribution in [-0.4, -0.2) is 69.1 Å². The van der Waals surface area contributed by atoms with Crippen molar-refractivity contribution in [3.05, 3.63) is 54.1 Å². The number of esters is 1. The maximum Gasteiger partial charge on any atom is 0.311 e. The second-order valence-electron chi connectivity index (χ2n) is 12.2. The number of hydrogen-bond acceptors (Lipinski definition) is 6. The predicted molar refractivity (Wildman–Crippen MR) is 165 cm³/mol. The Kier molecular flexibility index (Phi) is 9.66. The fourth-order valence-corrected chi connectivity index (χ4v) is 9.89. The second-order valence-corrected chi connectivity index (χ2v) is 14.5. The number of aryl methyl sites for hydroxylation is 1. The molecule has 7 nitrogen and oxygen atoms in total. The quantitative estimate of drug-likeness (QED) is 0.181. The van der Waals surface area contributed by atoms with Gasteiger partial charge in [0.2, 0.25) is 5.91 Å². The summed E-state index contributed by atoms with van der Waals surface area (Å²) in [6.07, 6.45) is 6.66. The van der Waals surface area contributed by atoms with Crippen molar-refractivity contribution in [1.29, 1.82) is 0 Å². The first-order valence-corrected chi connectivity index (χ1v) is 15.7. The molecule has 3 aliphatic rings. The molecule has 0 aromatic heterocycles. The Morgan fingerprint density at radius 2 is 2.02 bits per heavy atom. The molecule has 0 saturated carbocycles. The SMILES string of the molecule is C=CCCCOC(=O)[C@H]1[C@H]2C(=O)N([C@@H](CO)CC(C)C)C(C(=O)N(CC=C)c3c(C)cccc3Cl)C23CC[C@]1(C)S3. The summed E-state index contributed by atoms with van der Waals surface area (Å²) in [6, 6.07) is 4.04. The number of allylic oxidation sites excluding steroid dienone is 1. The number of thioether (sulfide) groups is 1. The highest BCUT2D eigenvalue weighted by Gasteiger charge is 2.78. The van der Waals surface area contributed by atoms with E-state index in [-0.39, 0.29) is 43.5 Å². The number of aliphatic hydroxyl groups is 1. The van der Waals surface area contributed by atoms with E-state index in [9.17, 15) is 19.5 Å². The maximum atomic E-state index is 14.9. The van der Waals surface area contributed by atoms with Gasteiger partial charge in [0.05, 0.1) is 46.5 Å². The fourth-order valence-electron chi connectivity index (χ4n) is 7.24. The number of carbonyl (C=O) groups excluding carboxylic acids is 3. The molecule has 9 heteroatoms. The Morgan fingerprint density at radius 1 is 1.29 bits per heavy atom. The van der Waals surface area contributed by atoms with E-state index in [2.05, 4.69) is 13.2 Å². The molecule has 2 bridgehead atoms. The molecule has 3 aliphatic heterocycles. The van der Waals surface area contributed by atoms with Crippen LogP contribution in [0.15, 0.2) is 43.5 Å². The highest BCUT2D eigenvalue weighted by Crippen LogP contribution is 2.72. The van der Waals surface area contributed by atoms with Crippen LogP contribution in [0.2, 0.25) is 5.02 Å². The van der Waals surface area contributed by atoms with Gasteiger partial charge in [0.25, 0.3) is 5.91 Å². The molecule has 1 aromatic carbocycles. The third-order valence-electron chi connectivity index (χ3n) is 8.88. The molecule has 1 spiro atoms. The number of unbranched alkanes of at least 4 members (excludes halogenated alkanes) is 1. The van der Waals surface area contributed by atoms with Crippen LogP contribution in [-0.2, 0) is 19.1 Å². The minimum absolute atomic E-state index is 0.177. The van der Waals surface area contributed by atoms with Crippen molar-refractivity contribution in [2.24, 2.45) is 17.8 Å². The summed E-state index contributed by atoms with van der Waals surface area (Å²) in [5.74, 6) is -2.11. The first-order chi connectivity index (χ1) is 19.5. The van der Waals surface area contributed by atoms with E-state index < -0.39 is 33.4 Å². The van der Waals surface area contributed by atoms with E-state index in [0.717, 1.165) is 12.0 Å². The number of anilines is 1. The minimum atomic E-state index is -0.878. The summed E-state index contributed by atoms with van der Waals surface area (Å²) in [4.78, 5) is 46.2. The number of hydrogen-bond donors (Lipinski definition) is 1. The highest BCUT2D eigenvalue weighted by molar-refractivity contribution is 8.02. The van der Waals surface area contributed by atoms with Crippen molar-refractivity contribution in [1.82, 2.24) is 4.90 Å². The van der Waals surface area contributed by atoms with Crippen LogP contribution in [0.3, 0.4) is 0 Å². The van der Waals surface area contributed by atoms with Gasteiger partial charge in [-0.2, -0.15) is 0 Å². The normalized spacial score (nSPS) is 29.0. The number of aliphatic hydroxyl groups excluding tert-OH is 1. The zero-order chi connectivity index (χ0) is 30.1. The van der Waals surface area contributed by atoms with Gasteiger partial charge >= 0.3 is 5.97 Å². The number of para-hydroxylation sites is 1. The lowest BCUT2D eigenvalue weighted by atomic mass is 9.66. The Morgan fingerprint density at radius 3 is 2.63 bits per heavy atom. The number of likely N-dealkylation sites (tertiary alicyclic amines) is 1.